The Morgan fingerprint density at radius 3 is 2.11 bits per heavy atom. The van der Waals surface area contributed by atoms with Gasteiger partial charge in [0.05, 0.1) is 6.04 Å². The van der Waals surface area contributed by atoms with Gasteiger partial charge in [-0.15, -0.1) is 0 Å². The zero-order chi connectivity index (χ0) is 20.8. The molecule has 0 heterocycles. The van der Waals surface area contributed by atoms with Gasteiger partial charge in [0.1, 0.15) is 11.6 Å². The van der Waals surface area contributed by atoms with E-state index in [1.54, 1.807) is 20.8 Å². The van der Waals surface area contributed by atoms with Crippen LogP contribution in [0.1, 0.15) is 51.8 Å². The Kier molecular flexibility index (Phi) is 8.28. The highest BCUT2D eigenvalue weighted by molar-refractivity contribution is 5.86. The maximum absolute atomic E-state index is 12.7. The molecule has 0 saturated heterocycles. The molecule has 0 radical (unpaired) electrons. The van der Waals surface area contributed by atoms with Crippen LogP contribution in [0.15, 0.2) is 24.3 Å². The first-order valence-corrected chi connectivity index (χ1v) is 9.41. The lowest BCUT2D eigenvalue weighted by Gasteiger charge is -2.28. The zero-order valence-corrected chi connectivity index (χ0v) is 17.9. The third-order valence-electron chi connectivity index (χ3n) is 4.18. The Balaban J connectivity index is 2.76. The molecule has 2 unspecified atom stereocenters. The van der Waals surface area contributed by atoms with E-state index >= 15 is 0 Å². The number of hydrogen-bond acceptors (Lipinski definition) is 4. The lowest BCUT2D eigenvalue weighted by molar-refractivity contribution is -0.124. The molecule has 2 amide bonds. The van der Waals surface area contributed by atoms with E-state index in [9.17, 15) is 9.59 Å². The fraction of sp³-hybridized carbons (Fsp3) is 0.619. The largest absolute Gasteiger partial charge is 0.444 e. The van der Waals surface area contributed by atoms with E-state index in [2.05, 4.69) is 39.8 Å². The molecule has 1 aromatic rings. The highest BCUT2D eigenvalue weighted by Crippen LogP contribution is 2.18. The average Bonchev–Trinajstić information content (AvgIpc) is 2.52. The number of likely N-dealkylation sites (N-methyl/N-ethyl adjacent to an activating group) is 1. The topological polar surface area (TPSA) is 70.7 Å². The van der Waals surface area contributed by atoms with Gasteiger partial charge in [-0.2, -0.15) is 0 Å². The van der Waals surface area contributed by atoms with Crippen molar-refractivity contribution >= 4 is 12.0 Å². The quantitative estimate of drug-likeness (QED) is 0.765. The zero-order valence-electron chi connectivity index (χ0n) is 17.9. The van der Waals surface area contributed by atoms with Crippen LogP contribution in [0.2, 0.25) is 0 Å². The van der Waals surface area contributed by atoms with E-state index in [1.807, 2.05) is 34.9 Å². The van der Waals surface area contributed by atoms with Crippen LogP contribution >= 0.6 is 0 Å². The summed E-state index contributed by atoms with van der Waals surface area (Å²) in [6.45, 7) is 11.7. The van der Waals surface area contributed by atoms with Crippen LogP contribution in [0.25, 0.3) is 0 Å². The van der Waals surface area contributed by atoms with Crippen LogP contribution in [0.4, 0.5) is 4.79 Å². The van der Waals surface area contributed by atoms with Crippen molar-refractivity contribution < 1.29 is 14.3 Å². The van der Waals surface area contributed by atoms with Gasteiger partial charge in [-0.1, -0.05) is 43.7 Å². The molecule has 27 heavy (non-hydrogen) atoms. The van der Waals surface area contributed by atoms with E-state index in [0.29, 0.717) is 6.54 Å². The lowest BCUT2D eigenvalue weighted by atomic mass is 10.0. The summed E-state index contributed by atoms with van der Waals surface area (Å²) in [5.41, 5.74) is 1.72. The number of amides is 2. The van der Waals surface area contributed by atoms with E-state index in [-0.39, 0.29) is 17.9 Å². The van der Waals surface area contributed by atoms with Crippen LogP contribution in [-0.2, 0) is 9.53 Å². The van der Waals surface area contributed by atoms with Crippen molar-refractivity contribution in [3.8, 4) is 0 Å². The second-order valence-electron chi connectivity index (χ2n) is 8.50. The predicted octanol–water partition coefficient (Wildman–Crippen LogP) is 3.26. The number of alkyl carbamates (subject to hydrolysis) is 1. The molecular weight excluding hydrogens is 342 g/mol. The van der Waals surface area contributed by atoms with Crippen molar-refractivity contribution in [1.29, 1.82) is 0 Å². The lowest BCUT2D eigenvalue weighted by Crippen LogP contribution is -2.51. The molecule has 2 N–H and O–H groups in total. The van der Waals surface area contributed by atoms with Crippen molar-refractivity contribution in [2.75, 3.05) is 20.6 Å². The van der Waals surface area contributed by atoms with E-state index in [0.717, 1.165) is 5.56 Å². The fourth-order valence-electron chi connectivity index (χ4n) is 2.66. The summed E-state index contributed by atoms with van der Waals surface area (Å²) in [5, 5.41) is 5.66. The molecule has 0 bridgehead atoms. The number of hydrogen-bond donors (Lipinski definition) is 2. The molecule has 0 spiro atoms. The molecule has 0 aliphatic rings. The molecule has 6 heteroatoms. The molecule has 2 atom stereocenters. The van der Waals surface area contributed by atoms with Crippen LogP contribution in [0.5, 0.6) is 0 Å². The average molecular weight is 378 g/mol. The number of aryl methyl sites for hydroxylation is 1. The Hall–Kier alpha value is -2.08. The minimum Gasteiger partial charge on any atom is -0.444 e. The summed E-state index contributed by atoms with van der Waals surface area (Å²) in [5.74, 6) is -0.274. The molecule has 6 nitrogen and oxygen atoms in total. The monoisotopic (exact) mass is 377 g/mol. The van der Waals surface area contributed by atoms with Gasteiger partial charge in [0.15, 0.2) is 0 Å². The highest BCUT2D eigenvalue weighted by atomic mass is 16.6. The summed E-state index contributed by atoms with van der Waals surface area (Å²) in [6, 6.07) is 7.67. The van der Waals surface area contributed by atoms with E-state index in [1.165, 1.54) is 5.56 Å². The minimum absolute atomic E-state index is 0.0453. The second kappa shape index (κ2) is 9.74. The van der Waals surface area contributed by atoms with Gasteiger partial charge in [0.2, 0.25) is 5.91 Å². The van der Waals surface area contributed by atoms with Gasteiger partial charge >= 0.3 is 6.09 Å². The molecule has 1 aromatic carbocycles. The SMILES string of the molecule is Cc1ccc(C(CNC(=O)C(NC(=O)OC(C)(C)C)C(C)C)N(C)C)cc1. The van der Waals surface area contributed by atoms with Crippen molar-refractivity contribution in [2.24, 2.45) is 5.92 Å². The summed E-state index contributed by atoms with van der Waals surface area (Å²) >= 11 is 0. The van der Waals surface area contributed by atoms with Gasteiger partial charge in [0.25, 0.3) is 0 Å². The van der Waals surface area contributed by atoms with Crippen molar-refractivity contribution in [3.05, 3.63) is 35.4 Å². The summed E-state index contributed by atoms with van der Waals surface area (Å²) in [6.07, 6.45) is -0.584. The van der Waals surface area contributed by atoms with Gasteiger partial charge < -0.3 is 20.3 Å². The molecular formula is C21H35N3O3. The third kappa shape index (κ3) is 7.99. The maximum Gasteiger partial charge on any atom is 0.408 e. The van der Waals surface area contributed by atoms with Crippen LogP contribution < -0.4 is 10.6 Å². The van der Waals surface area contributed by atoms with Crippen molar-refractivity contribution in [3.63, 3.8) is 0 Å². The number of carbonyl (C=O) groups excluding carboxylic acids is 2. The van der Waals surface area contributed by atoms with Crippen molar-refractivity contribution in [1.82, 2.24) is 15.5 Å². The van der Waals surface area contributed by atoms with Gasteiger partial charge in [-0.05, 0) is 53.3 Å². The fourth-order valence-corrected chi connectivity index (χ4v) is 2.66. The second-order valence-corrected chi connectivity index (χ2v) is 8.50. The first-order valence-electron chi connectivity index (χ1n) is 9.41. The highest BCUT2D eigenvalue weighted by Gasteiger charge is 2.27. The van der Waals surface area contributed by atoms with Crippen LogP contribution in [-0.4, -0.2) is 49.2 Å². The molecule has 0 saturated carbocycles. The third-order valence-corrected chi connectivity index (χ3v) is 4.18. The molecule has 0 fully saturated rings. The van der Waals surface area contributed by atoms with Gasteiger partial charge in [0, 0.05) is 6.54 Å². The standard InChI is InChI=1S/C21H35N3O3/c1-14(2)18(23-20(26)27-21(4,5)6)19(25)22-13-17(24(7)8)16-11-9-15(3)10-12-16/h9-12,14,17-18H,13H2,1-8H3,(H,22,25)(H,23,26). The van der Waals surface area contributed by atoms with Crippen molar-refractivity contribution in [2.45, 2.75) is 59.2 Å². The molecule has 0 aliphatic carbocycles. The summed E-state index contributed by atoms with van der Waals surface area (Å²) in [7, 11) is 3.96. The first kappa shape index (κ1) is 23.0. The molecule has 0 aliphatic heterocycles. The van der Waals surface area contributed by atoms with E-state index < -0.39 is 17.7 Å². The predicted molar refractivity (Wildman–Crippen MR) is 109 cm³/mol. The summed E-state index contributed by atoms with van der Waals surface area (Å²) < 4.78 is 5.27. The molecule has 152 valence electrons. The number of nitrogens with zero attached hydrogens (tertiary/aromatic N) is 1. The maximum atomic E-state index is 12.7. The Morgan fingerprint density at radius 2 is 1.67 bits per heavy atom. The van der Waals surface area contributed by atoms with Gasteiger partial charge in [-0.25, -0.2) is 4.79 Å². The van der Waals surface area contributed by atoms with Crippen LogP contribution in [0, 0.1) is 12.8 Å². The number of nitrogens with one attached hydrogen (secondary N) is 2. The van der Waals surface area contributed by atoms with E-state index in [4.69, 9.17) is 4.74 Å². The number of ether oxygens (including phenoxy) is 1. The van der Waals surface area contributed by atoms with Gasteiger partial charge in [-0.3, -0.25) is 4.79 Å². The number of rotatable bonds is 7. The number of benzene rings is 1. The van der Waals surface area contributed by atoms with Crippen LogP contribution in [0.3, 0.4) is 0 Å². The Morgan fingerprint density at radius 1 is 1.11 bits per heavy atom. The number of carbonyl (C=O) groups is 2. The summed E-state index contributed by atoms with van der Waals surface area (Å²) in [4.78, 5) is 26.8. The minimum atomic E-state index is -0.652. The Labute approximate surface area is 163 Å². The first-order chi connectivity index (χ1) is 12.4. The smallest absolute Gasteiger partial charge is 0.408 e. The molecule has 1 rings (SSSR count). The normalized spacial score (nSPS) is 14.0. The molecule has 0 aromatic heterocycles. The Bertz CT molecular complexity index is 619.